The van der Waals surface area contributed by atoms with Crippen LogP contribution in [0.25, 0.3) is 0 Å². The van der Waals surface area contributed by atoms with Gasteiger partial charge in [-0.15, -0.1) is 0 Å². The first-order valence-corrected chi connectivity index (χ1v) is 7.73. The van der Waals surface area contributed by atoms with Gasteiger partial charge in [-0.05, 0) is 0 Å². The summed E-state index contributed by atoms with van der Waals surface area (Å²) in [5.74, 6) is -5.51. The third kappa shape index (κ3) is 73.7. The Balaban J connectivity index is -0.0000000663. The first kappa shape index (κ1) is 33.2. The van der Waals surface area contributed by atoms with E-state index in [0.717, 1.165) is 0 Å². The van der Waals surface area contributed by atoms with Gasteiger partial charge < -0.3 is 10.2 Å². The number of halogens is 6. The van der Waals surface area contributed by atoms with Crippen molar-refractivity contribution in [1.82, 2.24) is 0 Å². The molecule has 2 N–H and O–H groups in total. The van der Waals surface area contributed by atoms with E-state index in [2.05, 4.69) is 0 Å². The Bertz CT molecular complexity index is 498. The van der Waals surface area contributed by atoms with Crippen molar-refractivity contribution >= 4 is 11.9 Å². The maximum atomic E-state index is 10.6. The van der Waals surface area contributed by atoms with Gasteiger partial charge in [-0.1, -0.05) is 0 Å². The SMILES string of the molecule is CC#N.CC#N.O=C(O)C(F)(F)F.O=C(O)C(F)(F)F.[O]=[Re](=[O])=[O]. The number of carboxylic acid groups (broad SMARTS) is 2. The summed E-state index contributed by atoms with van der Waals surface area (Å²) in [7, 11) is 0. The fourth-order valence-corrected chi connectivity index (χ4v) is 0. The van der Waals surface area contributed by atoms with Crippen molar-refractivity contribution in [2.24, 2.45) is 0 Å². The number of carbonyl (C=O) groups is 2. The van der Waals surface area contributed by atoms with Crippen molar-refractivity contribution < 1.29 is 73.2 Å². The van der Waals surface area contributed by atoms with E-state index in [-0.39, 0.29) is 0 Å². The van der Waals surface area contributed by atoms with Crippen molar-refractivity contribution in [2.45, 2.75) is 26.2 Å². The van der Waals surface area contributed by atoms with Gasteiger partial charge in [0.05, 0.1) is 12.1 Å². The van der Waals surface area contributed by atoms with Crippen LogP contribution in [0.1, 0.15) is 13.8 Å². The molecular weight excluding hydrogens is 536 g/mol. The Morgan fingerprint density at radius 3 is 0.833 bits per heavy atom. The monoisotopic (exact) mass is 545 g/mol. The van der Waals surface area contributed by atoms with E-state index in [1.165, 1.54) is 13.8 Å². The second-order valence-corrected chi connectivity index (χ2v) is 3.60. The molecule has 9 nitrogen and oxygen atoms in total. The molecule has 24 heavy (non-hydrogen) atoms. The Hall–Kier alpha value is -2.44. The zero-order chi connectivity index (χ0) is 21.1. The minimum absolute atomic E-state index is 1.43. The van der Waals surface area contributed by atoms with Crippen molar-refractivity contribution in [3.63, 3.8) is 0 Å². The van der Waals surface area contributed by atoms with E-state index in [0.29, 0.717) is 0 Å². The molecule has 0 aromatic heterocycles. The predicted molar refractivity (Wildman–Crippen MR) is 52.0 cm³/mol. The van der Waals surface area contributed by atoms with Crippen LogP contribution >= 0.6 is 0 Å². The molecule has 16 heteroatoms. The summed E-state index contributed by atoms with van der Waals surface area (Å²) >= 11 is -4.21. The molecule has 0 aliphatic heterocycles. The maximum absolute atomic E-state index is 10.6. The van der Waals surface area contributed by atoms with Gasteiger partial charge in [-0.3, -0.25) is 0 Å². The van der Waals surface area contributed by atoms with Gasteiger partial charge >= 0.3 is 51.3 Å². The molecule has 0 aliphatic rings. The molecule has 0 aromatic carbocycles. The van der Waals surface area contributed by atoms with E-state index in [1.54, 1.807) is 12.1 Å². The molecule has 0 aromatic rings. The Morgan fingerprint density at radius 1 is 0.792 bits per heavy atom. The molecule has 0 amide bonds. The molecule has 141 valence electrons. The molecule has 0 unspecified atom stereocenters. The van der Waals surface area contributed by atoms with Crippen molar-refractivity contribution in [2.75, 3.05) is 0 Å². The average molecular weight is 544 g/mol. The van der Waals surface area contributed by atoms with Gasteiger partial charge in [0.15, 0.2) is 0 Å². The fourth-order valence-electron chi connectivity index (χ4n) is 0. The number of hydrogen-bond acceptors (Lipinski definition) is 7. The van der Waals surface area contributed by atoms with E-state index < -0.39 is 40.9 Å². The molecule has 0 aliphatic carbocycles. The van der Waals surface area contributed by atoms with Crippen LogP contribution in [0.2, 0.25) is 0 Å². The summed E-state index contributed by atoms with van der Waals surface area (Å²) in [6, 6.07) is 3.50. The van der Waals surface area contributed by atoms with E-state index >= 15 is 0 Å². The molecule has 0 radical (unpaired) electrons. The quantitative estimate of drug-likeness (QED) is 0.432. The molecular formula is C8H8F6N2O7Re. The number of hydrogen-bond donors (Lipinski definition) is 2. The summed E-state index contributed by atoms with van der Waals surface area (Å²) in [5, 5.41) is 28.9. The zero-order valence-electron chi connectivity index (χ0n) is 11.5. The standard InChI is InChI=1S/2C2HF3O2.2C2H3N.3O.Re/c2*3-2(4,5)1(6)7;2*1-2-3;;;;/h2*(H,6,7);2*1H3;;;;. The molecule has 0 bridgehead atoms. The fraction of sp³-hybridized carbons (Fsp3) is 0.500. The van der Waals surface area contributed by atoms with Gasteiger partial charge in [0.1, 0.15) is 0 Å². The van der Waals surface area contributed by atoms with Gasteiger partial charge in [-0.2, -0.15) is 36.9 Å². The second kappa shape index (κ2) is 18.6. The summed E-state index contributed by atoms with van der Waals surface area (Å²) in [5.41, 5.74) is 0. The summed E-state index contributed by atoms with van der Waals surface area (Å²) < 4.78 is 89.3. The first-order valence-electron chi connectivity index (χ1n) is 4.40. The second-order valence-electron chi connectivity index (χ2n) is 2.24. The summed E-state index contributed by atoms with van der Waals surface area (Å²) in [6.07, 6.45) is -10.2. The summed E-state index contributed by atoms with van der Waals surface area (Å²) in [4.78, 5) is 17.8. The van der Waals surface area contributed by atoms with Crippen LogP contribution in [0.4, 0.5) is 26.3 Å². The van der Waals surface area contributed by atoms with E-state index in [9.17, 15) is 26.3 Å². The number of carboxylic acids is 2. The number of aliphatic carboxylic acids is 2. The van der Waals surface area contributed by atoms with Crippen LogP contribution in [0, 0.1) is 22.7 Å². The molecule has 0 spiro atoms. The van der Waals surface area contributed by atoms with Crippen molar-refractivity contribution in [3.8, 4) is 12.1 Å². The van der Waals surface area contributed by atoms with E-state index in [1.807, 2.05) is 0 Å². The van der Waals surface area contributed by atoms with Crippen LogP contribution in [0.15, 0.2) is 0 Å². The van der Waals surface area contributed by atoms with Crippen LogP contribution in [0.3, 0.4) is 0 Å². The number of nitriles is 2. The minimum atomic E-state index is -5.08. The number of alkyl halides is 6. The van der Waals surface area contributed by atoms with Gasteiger partial charge in [0.25, 0.3) is 0 Å². The Morgan fingerprint density at radius 2 is 0.833 bits per heavy atom. The molecule has 0 heterocycles. The van der Waals surface area contributed by atoms with Crippen LogP contribution in [-0.2, 0) is 36.6 Å². The van der Waals surface area contributed by atoms with Gasteiger partial charge in [0, 0.05) is 13.8 Å². The van der Waals surface area contributed by atoms with Gasteiger partial charge in [0.2, 0.25) is 0 Å². The normalized spacial score (nSPS) is 8.25. The zero-order valence-corrected chi connectivity index (χ0v) is 14.2. The average Bonchev–Trinajstić information content (AvgIpc) is 2.28. The number of nitrogens with zero attached hydrogens (tertiary/aromatic N) is 2. The molecule has 0 atom stereocenters. The van der Waals surface area contributed by atoms with Crippen LogP contribution in [0.5, 0.6) is 0 Å². The Kier molecular flexibility index (Phi) is 25.8. The molecule has 0 rings (SSSR count). The van der Waals surface area contributed by atoms with Gasteiger partial charge in [-0.25, -0.2) is 9.59 Å². The summed E-state index contributed by atoms with van der Waals surface area (Å²) in [6.45, 7) is 2.86. The Labute approximate surface area is 134 Å². The predicted octanol–water partition coefficient (Wildman–Crippen LogP) is 1.97. The molecule has 0 saturated carbocycles. The van der Waals surface area contributed by atoms with Crippen molar-refractivity contribution in [3.05, 3.63) is 0 Å². The molecule has 0 saturated heterocycles. The first-order chi connectivity index (χ1) is 10.4. The topological polar surface area (TPSA) is 173 Å². The molecule has 0 fully saturated rings. The van der Waals surface area contributed by atoms with Crippen molar-refractivity contribution in [1.29, 1.82) is 10.5 Å². The number of rotatable bonds is 0. The van der Waals surface area contributed by atoms with Crippen LogP contribution in [-0.4, -0.2) is 34.5 Å². The van der Waals surface area contributed by atoms with Crippen LogP contribution < -0.4 is 0 Å². The third-order valence-electron chi connectivity index (χ3n) is 0.485. The van der Waals surface area contributed by atoms with E-state index in [4.69, 9.17) is 40.7 Å². The third-order valence-corrected chi connectivity index (χ3v) is 0.485.